The van der Waals surface area contributed by atoms with E-state index in [1.807, 2.05) is 0 Å². The SMILES string of the molecule is C/C(=C\c1ccc(F)cc1)C(=O)N1CCCC(C(=O)O)C1. The molecule has 0 saturated carbocycles. The second-order valence-electron chi connectivity index (χ2n) is 5.31. The Bertz CT molecular complexity index is 565. The van der Waals surface area contributed by atoms with Gasteiger partial charge < -0.3 is 10.0 Å². The average molecular weight is 291 g/mol. The zero-order valence-electron chi connectivity index (χ0n) is 11.9. The summed E-state index contributed by atoms with van der Waals surface area (Å²) in [7, 11) is 0. The number of benzene rings is 1. The smallest absolute Gasteiger partial charge is 0.308 e. The van der Waals surface area contributed by atoms with Crippen LogP contribution in [-0.2, 0) is 9.59 Å². The molecule has 1 aliphatic rings. The molecule has 0 aliphatic carbocycles. The van der Waals surface area contributed by atoms with Gasteiger partial charge in [0.25, 0.3) is 0 Å². The molecule has 1 heterocycles. The molecule has 4 nitrogen and oxygen atoms in total. The summed E-state index contributed by atoms with van der Waals surface area (Å²) in [4.78, 5) is 24.9. The van der Waals surface area contributed by atoms with E-state index in [1.54, 1.807) is 30.0 Å². The van der Waals surface area contributed by atoms with Crippen molar-refractivity contribution in [3.63, 3.8) is 0 Å². The van der Waals surface area contributed by atoms with Crippen LogP contribution in [0.2, 0.25) is 0 Å². The molecule has 1 N–H and O–H groups in total. The van der Waals surface area contributed by atoms with E-state index >= 15 is 0 Å². The third-order valence-electron chi connectivity index (χ3n) is 3.65. The van der Waals surface area contributed by atoms with Gasteiger partial charge in [-0.25, -0.2) is 4.39 Å². The zero-order valence-corrected chi connectivity index (χ0v) is 11.9. The van der Waals surface area contributed by atoms with Crippen molar-refractivity contribution in [2.75, 3.05) is 13.1 Å². The van der Waals surface area contributed by atoms with Crippen molar-refractivity contribution in [1.82, 2.24) is 4.90 Å². The van der Waals surface area contributed by atoms with Crippen LogP contribution < -0.4 is 0 Å². The number of halogens is 1. The summed E-state index contributed by atoms with van der Waals surface area (Å²) in [6, 6.07) is 5.88. The van der Waals surface area contributed by atoms with Crippen LogP contribution in [-0.4, -0.2) is 35.0 Å². The highest BCUT2D eigenvalue weighted by molar-refractivity contribution is 5.97. The summed E-state index contributed by atoms with van der Waals surface area (Å²) in [5.74, 6) is -1.82. The van der Waals surface area contributed by atoms with Gasteiger partial charge in [-0.3, -0.25) is 9.59 Å². The molecule has 0 bridgehead atoms. The topological polar surface area (TPSA) is 57.6 Å². The molecule has 1 atom stereocenters. The van der Waals surface area contributed by atoms with E-state index in [0.717, 1.165) is 5.56 Å². The van der Waals surface area contributed by atoms with Gasteiger partial charge in [0.05, 0.1) is 5.92 Å². The third kappa shape index (κ3) is 3.90. The van der Waals surface area contributed by atoms with Gasteiger partial charge in [-0.2, -0.15) is 0 Å². The molecular formula is C16H18FNO3. The Morgan fingerprint density at radius 3 is 2.62 bits per heavy atom. The van der Waals surface area contributed by atoms with E-state index in [1.165, 1.54) is 12.1 Å². The van der Waals surface area contributed by atoms with Crippen LogP contribution in [0.1, 0.15) is 25.3 Å². The summed E-state index contributed by atoms with van der Waals surface area (Å²) < 4.78 is 12.8. The number of nitrogens with zero attached hydrogens (tertiary/aromatic N) is 1. The monoisotopic (exact) mass is 291 g/mol. The maximum absolute atomic E-state index is 12.8. The number of amides is 1. The largest absolute Gasteiger partial charge is 0.481 e. The molecule has 112 valence electrons. The van der Waals surface area contributed by atoms with Crippen LogP contribution in [0, 0.1) is 11.7 Å². The van der Waals surface area contributed by atoms with Crippen LogP contribution in [0.25, 0.3) is 6.08 Å². The summed E-state index contributed by atoms with van der Waals surface area (Å²) in [6.45, 7) is 2.52. The summed E-state index contributed by atoms with van der Waals surface area (Å²) in [5.41, 5.74) is 1.27. The number of aliphatic carboxylic acids is 1. The minimum atomic E-state index is -0.854. The van der Waals surface area contributed by atoms with Gasteiger partial charge in [0, 0.05) is 18.7 Å². The normalized spacial score (nSPS) is 19.4. The highest BCUT2D eigenvalue weighted by atomic mass is 19.1. The number of carbonyl (C=O) groups is 2. The first kappa shape index (κ1) is 15.2. The van der Waals surface area contributed by atoms with Gasteiger partial charge in [0.2, 0.25) is 5.91 Å². The van der Waals surface area contributed by atoms with Crippen LogP contribution >= 0.6 is 0 Å². The molecule has 1 unspecified atom stereocenters. The molecule has 1 aromatic carbocycles. The Morgan fingerprint density at radius 1 is 1.33 bits per heavy atom. The lowest BCUT2D eigenvalue weighted by Crippen LogP contribution is -2.42. The molecule has 1 saturated heterocycles. The summed E-state index contributed by atoms with van der Waals surface area (Å²) in [5, 5.41) is 9.05. The Morgan fingerprint density at radius 2 is 2.00 bits per heavy atom. The van der Waals surface area contributed by atoms with Crippen molar-refractivity contribution >= 4 is 18.0 Å². The predicted octanol–water partition coefficient (Wildman–Crippen LogP) is 2.55. The minimum absolute atomic E-state index is 0.162. The van der Waals surface area contributed by atoms with Crippen LogP contribution in [0.5, 0.6) is 0 Å². The highest BCUT2D eigenvalue weighted by Gasteiger charge is 2.28. The average Bonchev–Trinajstić information content (AvgIpc) is 2.49. The number of carboxylic acids is 1. The van der Waals surface area contributed by atoms with E-state index in [9.17, 15) is 14.0 Å². The van der Waals surface area contributed by atoms with Crippen LogP contribution in [0.3, 0.4) is 0 Å². The second kappa shape index (κ2) is 6.52. The van der Waals surface area contributed by atoms with Gasteiger partial charge in [0.1, 0.15) is 5.82 Å². The quantitative estimate of drug-likeness (QED) is 0.871. The van der Waals surface area contributed by atoms with Crippen LogP contribution in [0.4, 0.5) is 4.39 Å². The van der Waals surface area contributed by atoms with Gasteiger partial charge in [-0.1, -0.05) is 12.1 Å². The van der Waals surface area contributed by atoms with Crippen molar-refractivity contribution in [2.24, 2.45) is 5.92 Å². The number of hydrogen-bond donors (Lipinski definition) is 1. The van der Waals surface area contributed by atoms with Gasteiger partial charge >= 0.3 is 5.97 Å². The molecule has 1 aliphatic heterocycles. The fraction of sp³-hybridized carbons (Fsp3) is 0.375. The van der Waals surface area contributed by atoms with E-state index in [2.05, 4.69) is 0 Å². The fourth-order valence-corrected chi connectivity index (χ4v) is 2.48. The van der Waals surface area contributed by atoms with Gasteiger partial charge in [-0.05, 0) is 43.5 Å². The van der Waals surface area contributed by atoms with E-state index in [-0.39, 0.29) is 18.3 Å². The molecule has 1 amide bonds. The molecule has 21 heavy (non-hydrogen) atoms. The Kier molecular flexibility index (Phi) is 4.73. The van der Waals surface area contributed by atoms with Gasteiger partial charge in [-0.15, -0.1) is 0 Å². The Labute approximate surface area is 122 Å². The Hall–Kier alpha value is -2.17. The van der Waals surface area contributed by atoms with Crippen molar-refractivity contribution in [3.8, 4) is 0 Å². The maximum atomic E-state index is 12.8. The van der Waals surface area contributed by atoms with Gasteiger partial charge in [0.15, 0.2) is 0 Å². The Balaban J connectivity index is 2.08. The molecule has 1 fully saturated rings. The fourth-order valence-electron chi connectivity index (χ4n) is 2.48. The molecule has 1 aromatic rings. The van der Waals surface area contributed by atoms with E-state index < -0.39 is 11.9 Å². The molecule has 2 rings (SSSR count). The lowest BCUT2D eigenvalue weighted by molar-refractivity contribution is -0.145. The first-order valence-electron chi connectivity index (χ1n) is 6.93. The molecule has 0 aromatic heterocycles. The molecular weight excluding hydrogens is 273 g/mol. The number of piperidine rings is 1. The predicted molar refractivity (Wildman–Crippen MR) is 77.0 cm³/mol. The highest BCUT2D eigenvalue weighted by Crippen LogP contribution is 2.19. The number of carboxylic acid groups (broad SMARTS) is 1. The van der Waals surface area contributed by atoms with Crippen LogP contribution in [0.15, 0.2) is 29.8 Å². The van der Waals surface area contributed by atoms with Crippen molar-refractivity contribution in [1.29, 1.82) is 0 Å². The molecule has 0 spiro atoms. The lowest BCUT2D eigenvalue weighted by atomic mass is 9.97. The lowest BCUT2D eigenvalue weighted by Gasteiger charge is -2.31. The first-order valence-corrected chi connectivity index (χ1v) is 6.93. The number of carbonyl (C=O) groups excluding carboxylic acids is 1. The van der Waals surface area contributed by atoms with E-state index in [0.29, 0.717) is 25.0 Å². The van der Waals surface area contributed by atoms with Crippen molar-refractivity contribution in [3.05, 3.63) is 41.2 Å². The molecule has 5 heteroatoms. The van der Waals surface area contributed by atoms with Crippen molar-refractivity contribution in [2.45, 2.75) is 19.8 Å². The minimum Gasteiger partial charge on any atom is -0.481 e. The number of rotatable bonds is 3. The summed E-state index contributed by atoms with van der Waals surface area (Å²) in [6.07, 6.45) is 3.00. The zero-order chi connectivity index (χ0) is 15.4. The standard InChI is InChI=1S/C16H18FNO3/c1-11(9-12-4-6-14(17)7-5-12)15(19)18-8-2-3-13(10-18)16(20)21/h4-7,9,13H,2-3,8,10H2,1H3,(H,20,21)/b11-9+. The first-order chi connectivity index (χ1) is 9.97. The third-order valence-corrected chi connectivity index (χ3v) is 3.65. The maximum Gasteiger partial charge on any atom is 0.308 e. The van der Waals surface area contributed by atoms with E-state index in [4.69, 9.17) is 5.11 Å². The summed E-state index contributed by atoms with van der Waals surface area (Å²) >= 11 is 0. The number of likely N-dealkylation sites (tertiary alicyclic amines) is 1. The molecule has 0 radical (unpaired) electrons. The van der Waals surface area contributed by atoms with Crippen molar-refractivity contribution < 1.29 is 19.1 Å². The number of hydrogen-bond acceptors (Lipinski definition) is 2. The second-order valence-corrected chi connectivity index (χ2v) is 5.31.